The Morgan fingerprint density at radius 2 is 0.611 bits per heavy atom. The van der Waals surface area contributed by atoms with Crippen LogP contribution >= 0.6 is 0 Å². The van der Waals surface area contributed by atoms with Crippen molar-refractivity contribution >= 4 is 17.9 Å². The molecule has 0 aliphatic rings. The molecule has 0 radical (unpaired) electrons. The molecule has 0 unspecified atom stereocenters. The Morgan fingerprint density at radius 1 is 0.352 bits per heavy atom. The van der Waals surface area contributed by atoms with Crippen molar-refractivity contribution < 1.29 is 28.6 Å². The molecule has 6 heteroatoms. The van der Waals surface area contributed by atoms with Crippen LogP contribution in [0.15, 0.2) is 0 Å². The van der Waals surface area contributed by atoms with Gasteiger partial charge in [0.25, 0.3) is 0 Å². The number of esters is 3. The van der Waals surface area contributed by atoms with Gasteiger partial charge in [-0.15, -0.1) is 0 Å². The van der Waals surface area contributed by atoms with E-state index in [0.29, 0.717) is 19.3 Å². The van der Waals surface area contributed by atoms with Crippen LogP contribution in [0.25, 0.3) is 0 Å². The highest BCUT2D eigenvalue weighted by Gasteiger charge is 2.19. The minimum absolute atomic E-state index is 0.0637. The fourth-order valence-corrected chi connectivity index (χ4v) is 7.16. The van der Waals surface area contributed by atoms with E-state index in [9.17, 15) is 14.4 Å². The Kier molecular flexibility index (Phi) is 41.3. The van der Waals surface area contributed by atoms with Crippen molar-refractivity contribution in [1.29, 1.82) is 0 Å². The van der Waals surface area contributed by atoms with Crippen molar-refractivity contribution in [1.82, 2.24) is 0 Å². The van der Waals surface area contributed by atoms with Crippen molar-refractivity contribution in [3.8, 4) is 0 Å². The first-order valence-electron chi connectivity index (χ1n) is 23.9. The van der Waals surface area contributed by atoms with Crippen LogP contribution in [-0.2, 0) is 28.6 Å². The quantitative estimate of drug-likeness (QED) is 0.0349. The molecule has 0 spiro atoms. The van der Waals surface area contributed by atoms with Crippen LogP contribution in [0.4, 0.5) is 0 Å². The van der Waals surface area contributed by atoms with Gasteiger partial charge in [-0.25, -0.2) is 0 Å². The van der Waals surface area contributed by atoms with Gasteiger partial charge in [0, 0.05) is 19.3 Å². The first-order valence-corrected chi connectivity index (χ1v) is 23.9. The Bertz CT molecular complexity index is 811. The number of unbranched alkanes of at least 4 members (excludes halogenated alkanes) is 30. The standard InChI is InChI=1S/C48H92O6/c1-5-7-9-11-13-14-15-16-17-21-24-28-32-36-40-47(50)53-43-45(42-52-46(49)39-35-31-26-12-10-8-6-2)54-48(51)41-37-33-29-25-22-19-18-20-23-27-30-34-38-44(3)4/h44-45H,5-43H2,1-4H3/t45-/m1/s1. The molecule has 0 aromatic carbocycles. The highest BCUT2D eigenvalue weighted by molar-refractivity contribution is 5.71. The topological polar surface area (TPSA) is 78.9 Å². The van der Waals surface area contributed by atoms with Crippen molar-refractivity contribution in [3.63, 3.8) is 0 Å². The predicted octanol–water partition coefficient (Wildman–Crippen LogP) is 15.1. The molecule has 320 valence electrons. The molecule has 6 nitrogen and oxygen atoms in total. The number of hydrogen-bond acceptors (Lipinski definition) is 6. The van der Waals surface area contributed by atoms with E-state index in [1.165, 1.54) is 161 Å². The van der Waals surface area contributed by atoms with Gasteiger partial charge in [0.2, 0.25) is 0 Å². The maximum atomic E-state index is 12.7. The monoisotopic (exact) mass is 765 g/mol. The summed E-state index contributed by atoms with van der Waals surface area (Å²) in [6.07, 6.45) is 42.4. The molecule has 0 rings (SSSR count). The first kappa shape index (κ1) is 52.4. The zero-order valence-electron chi connectivity index (χ0n) is 36.7. The fourth-order valence-electron chi connectivity index (χ4n) is 7.16. The third-order valence-electron chi connectivity index (χ3n) is 10.8. The second-order valence-electron chi connectivity index (χ2n) is 16.9. The molecule has 0 aromatic heterocycles. The number of hydrogen-bond donors (Lipinski definition) is 0. The normalized spacial score (nSPS) is 11.9. The maximum absolute atomic E-state index is 12.7. The fraction of sp³-hybridized carbons (Fsp3) is 0.938. The van der Waals surface area contributed by atoms with Crippen molar-refractivity contribution in [2.24, 2.45) is 5.92 Å². The van der Waals surface area contributed by atoms with Crippen LogP contribution in [0, 0.1) is 5.92 Å². The second kappa shape index (κ2) is 42.6. The summed E-state index contributed by atoms with van der Waals surface area (Å²) in [5.74, 6) is -0.0243. The molecule has 1 atom stereocenters. The van der Waals surface area contributed by atoms with E-state index in [-0.39, 0.29) is 31.1 Å². The summed E-state index contributed by atoms with van der Waals surface area (Å²) in [7, 11) is 0. The molecule has 54 heavy (non-hydrogen) atoms. The largest absolute Gasteiger partial charge is 0.462 e. The lowest BCUT2D eigenvalue weighted by molar-refractivity contribution is -0.167. The Labute approximate surface area is 336 Å². The first-order chi connectivity index (χ1) is 26.4. The Hall–Kier alpha value is -1.59. The van der Waals surface area contributed by atoms with Gasteiger partial charge in [-0.3, -0.25) is 14.4 Å². The van der Waals surface area contributed by atoms with Crippen LogP contribution in [0.1, 0.15) is 265 Å². The van der Waals surface area contributed by atoms with E-state index >= 15 is 0 Å². The highest BCUT2D eigenvalue weighted by atomic mass is 16.6. The van der Waals surface area contributed by atoms with Crippen molar-refractivity contribution in [2.45, 2.75) is 271 Å². The third kappa shape index (κ3) is 41.6. The minimum Gasteiger partial charge on any atom is -0.462 e. The minimum atomic E-state index is -0.758. The van der Waals surface area contributed by atoms with Gasteiger partial charge in [0.1, 0.15) is 13.2 Å². The molecule has 0 aliphatic heterocycles. The molecule has 0 heterocycles. The number of carbonyl (C=O) groups excluding carboxylic acids is 3. The van der Waals surface area contributed by atoms with E-state index in [1.54, 1.807) is 0 Å². The SMILES string of the molecule is CCCCCCCCCCCCCCCCC(=O)OC[C@@H](COC(=O)CCCCCCCCC)OC(=O)CCCCCCCCCCCCCCC(C)C. The lowest BCUT2D eigenvalue weighted by Gasteiger charge is -2.18. The third-order valence-corrected chi connectivity index (χ3v) is 10.8. The van der Waals surface area contributed by atoms with Gasteiger partial charge in [-0.2, -0.15) is 0 Å². The molecule has 0 aliphatic carbocycles. The summed E-state index contributed by atoms with van der Waals surface area (Å²) in [5, 5.41) is 0. The lowest BCUT2D eigenvalue weighted by atomic mass is 10.0. The van der Waals surface area contributed by atoms with E-state index in [1.807, 2.05) is 0 Å². The molecule has 0 N–H and O–H groups in total. The summed E-state index contributed by atoms with van der Waals surface area (Å²) in [6.45, 7) is 8.97. The van der Waals surface area contributed by atoms with E-state index in [0.717, 1.165) is 63.7 Å². The van der Waals surface area contributed by atoms with Crippen LogP contribution in [-0.4, -0.2) is 37.2 Å². The average molecular weight is 765 g/mol. The lowest BCUT2D eigenvalue weighted by Crippen LogP contribution is -2.30. The summed E-state index contributed by atoms with van der Waals surface area (Å²) < 4.78 is 16.7. The molecule has 0 amide bonds. The molecule has 0 aromatic rings. The van der Waals surface area contributed by atoms with Gasteiger partial charge in [0.15, 0.2) is 6.10 Å². The van der Waals surface area contributed by atoms with Gasteiger partial charge in [-0.1, -0.05) is 227 Å². The van der Waals surface area contributed by atoms with Crippen LogP contribution < -0.4 is 0 Å². The Morgan fingerprint density at radius 3 is 0.907 bits per heavy atom. The van der Waals surface area contributed by atoms with Crippen molar-refractivity contribution in [3.05, 3.63) is 0 Å². The van der Waals surface area contributed by atoms with Crippen molar-refractivity contribution in [2.75, 3.05) is 13.2 Å². The number of ether oxygens (including phenoxy) is 3. The zero-order chi connectivity index (χ0) is 39.6. The summed E-state index contributed by atoms with van der Waals surface area (Å²) in [6, 6.07) is 0. The molecule has 0 saturated heterocycles. The summed E-state index contributed by atoms with van der Waals surface area (Å²) in [5.41, 5.74) is 0. The van der Waals surface area contributed by atoms with E-state index < -0.39 is 6.10 Å². The smallest absolute Gasteiger partial charge is 0.306 e. The summed E-state index contributed by atoms with van der Waals surface area (Å²) >= 11 is 0. The Balaban J connectivity index is 4.24. The van der Waals surface area contributed by atoms with Gasteiger partial charge in [0.05, 0.1) is 0 Å². The van der Waals surface area contributed by atoms with E-state index in [2.05, 4.69) is 27.7 Å². The number of carbonyl (C=O) groups is 3. The van der Waals surface area contributed by atoms with Crippen LogP contribution in [0.3, 0.4) is 0 Å². The molecular formula is C48H92O6. The zero-order valence-corrected chi connectivity index (χ0v) is 36.7. The van der Waals surface area contributed by atoms with Gasteiger partial charge in [-0.05, 0) is 25.2 Å². The van der Waals surface area contributed by atoms with Gasteiger partial charge >= 0.3 is 17.9 Å². The second-order valence-corrected chi connectivity index (χ2v) is 16.9. The molecule has 0 fully saturated rings. The highest BCUT2D eigenvalue weighted by Crippen LogP contribution is 2.16. The molecule has 0 saturated carbocycles. The average Bonchev–Trinajstić information content (AvgIpc) is 3.15. The summed E-state index contributed by atoms with van der Waals surface area (Å²) in [4.78, 5) is 37.7. The maximum Gasteiger partial charge on any atom is 0.306 e. The van der Waals surface area contributed by atoms with Crippen LogP contribution in [0.2, 0.25) is 0 Å². The van der Waals surface area contributed by atoms with E-state index in [4.69, 9.17) is 14.2 Å². The molecular weight excluding hydrogens is 673 g/mol. The van der Waals surface area contributed by atoms with Gasteiger partial charge < -0.3 is 14.2 Å². The number of rotatable bonds is 43. The molecule has 0 bridgehead atoms. The predicted molar refractivity (Wildman–Crippen MR) is 229 cm³/mol. The van der Waals surface area contributed by atoms with Crippen LogP contribution in [0.5, 0.6) is 0 Å².